The summed E-state index contributed by atoms with van der Waals surface area (Å²) >= 11 is 4.04. The Hall–Kier alpha value is -0.0200. The van der Waals surface area contributed by atoms with Crippen molar-refractivity contribution in [1.82, 2.24) is 0 Å². The average Bonchev–Trinajstić information content (AvgIpc) is 1.85. The monoisotopic (exact) mass is 168 g/mol. The van der Waals surface area contributed by atoms with Crippen molar-refractivity contribution in [1.29, 1.82) is 0 Å². The van der Waals surface area contributed by atoms with Crippen LogP contribution in [0.25, 0.3) is 0 Å². The molecule has 0 aromatic rings. The Morgan fingerprint density at radius 2 is 2.44 bits per heavy atom. The summed E-state index contributed by atoms with van der Waals surface area (Å²) in [6, 6.07) is 0. The third-order valence-corrected chi connectivity index (χ3v) is 1.82. The number of halogens is 1. The van der Waals surface area contributed by atoms with Crippen molar-refractivity contribution in [3.63, 3.8) is 0 Å². The van der Waals surface area contributed by atoms with Gasteiger partial charge in [-0.1, -0.05) is 6.08 Å². The van der Waals surface area contributed by atoms with E-state index in [2.05, 4.69) is 4.18 Å². The van der Waals surface area contributed by atoms with E-state index in [1.807, 2.05) is 0 Å². The topological polar surface area (TPSA) is 26.3 Å². The van der Waals surface area contributed by atoms with Crippen molar-refractivity contribution >= 4 is 22.7 Å². The van der Waals surface area contributed by atoms with Crippen LogP contribution in [0, 0.1) is 0 Å². The first-order valence-electron chi connectivity index (χ1n) is 2.54. The fourth-order valence-electron chi connectivity index (χ4n) is 0.229. The number of alkyl halides is 1. The summed E-state index contributed by atoms with van der Waals surface area (Å²) in [5.74, 6) is 0.746. The first-order valence-corrected chi connectivity index (χ1v) is 4.31. The lowest BCUT2D eigenvalue weighted by Crippen LogP contribution is -1.98. The van der Waals surface area contributed by atoms with E-state index in [1.165, 1.54) is 6.26 Å². The molecule has 1 unspecified atom stereocenters. The molecule has 0 bridgehead atoms. The summed E-state index contributed by atoms with van der Waals surface area (Å²) in [6.07, 6.45) is 3.06. The largest absolute Gasteiger partial charge is 0.409 e. The quantitative estimate of drug-likeness (QED) is 0.469. The second-order valence-corrected chi connectivity index (χ2v) is 2.85. The number of hydrogen-bond donors (Lipinski definition) is 0. The van der Waals surface area contributed by atoms with Crippen LogP contribution >= 0.6 is 11.6 Å². The van der Waals surface area contributed by atoms with Gasteiger partial charge in [-0.2, -0.15) is 0 Å². The Balaban J connectivity index is 3.27. The number of allylic oxidation sites excluding steroid dienone is 1. The molecule has 0 radical (unpaired) electrons. The summed E-state index contributed by atoms with van der Waals surface area (Å²) in [7, 11) is 0. The highest BCUT2D eigenvalue weighted by atomic mass is 35.5. The van der Waals surface area contributed by atoms with Gasteiger partial charge in [-0.3, -0.25) is 0 Å². The van der Waals surface area contributed by atoms with Crippen LogP contribution < -0.4 is 0 Å². The Kier molecular flexibility index (Phi) is 6.09. The van der Waals surface area contributed by atoms with Crippen molar-refractivity contribution in [2.75, 3.05) is 11.6 Å². The van der Waals surface area contributed by atoms with E-state index in [-0.39, 0.29) is 0 Å². The second kappa shape index (κ2) is 6.11. The van der Waals surface area contributed by atoms with Gasteiger partial charge in [0.15, 0.2) is 0 Å². The highest BCUT2D eigenvalue weighted by molar-refractivity contribution is 7.80. The van der Waals surface area contributed by atoms with Gasteiger partial charge < -0.3 is 4.18 Å². The first-order chi connectivity index (χ1) is 4.31. The van der Waals surface area contributed by atoms with Crippen molar-refractivity contribution in [2.45, 2.75) is 6.92 Å². The zero-order chi connectivity index (χ0) is 7.11. The van der Waals surface area contributed by atoms with E-state index in [1.54, 1.807) is 13.0 Å². The van der Waals surface area contributed by atoms with Crippen LogP contribution in [-0.4, -0.2) is 15.8 Å². The van der Waals surface area contributed by atoms with Gasteiger partial charge in [-0.25, -0.2) is 4.21 Å². The van der Waals surface area contributed by atoms with Gasteiger partial charge >= 0.3 is 0 Å². The van der Waals surface area contributed by atoms with Crippen LogP contribution in [0.5, 0.6) is 0 Å². The summed E-state index contributed by atoms with van der Waals surface area (Å²) in [6.45, 7) is 1.79. The molecule has 0 spiro atoms. The normalized spacial score (nSPS) is 14.0. The van der Waals surface area contributed by atoms with Gasteiger partial charge in [-0.05, 0) is 6.92 Å². The highest BCUT2D eigenvalue weighted by Gasteiger charge is 1.93. The van der Waals surface area contributed by atoms with E-state index in [9.17, 15) is 4.21 Å². The second-order valence-electron chi connectivity index (χ2n) is 1.26. The van der Waals surface area contributed by atoms with Crippen LogP contribution in [0.1, 0.15) is 6.92 Å². The van der Waals surface area contributed by atoms with Crippen LogP contribution in [0.2, 0.25) is 0 Å². The summed E-state index contributed by atoms with van der Waals surface area (Å²) in [4.78, 5) is 0. The molecule has 0 aromatic heterocycles. The predicted octanol–water partition coefficient (Wildman–Crippen LogP) is 1.44. The van der Waals surface area contributed by atoms with Crippen molar-refractivity contribution in [3.8, 4) is 0 Å². The minimum absolute atomic E-state index is 0.365. The molecule has 0 aliphatic heterocycles. The van der Waals surface area contributed by atoms with Crippen LogP contribution in [0.3, 0.4) is 0 Å². The molecule has 0 aromatic carbocycles. The van der Waals surface area contributed by atoms with Gasteiger partial charge in [0.2, 0.25) is 11.1 Å². The summed E-state index contributed by atoms with van der Waals surface area (Å²) in [5, 5.41) is 0. The minimum Gasteiger partial charge on any atom is -0.409 e. The Bertz CT molecular complexity index is 114. The molecule has 2 nitrogen and oxygen atoms in total. The third-order valence-electron chi connectivity index (χ3n) is 0.543. The SMILES string of the molecule is CC=COS(=O)CCCl. The van der Waals surface area contributed by atoms with Gasteiger partial charge in [-0.15, -0.1) is 11.6 Å². The molecule has 0 N–H and O–H groups in total. The molecule has 4 heteroatoms. The molecule has 0 aliphatic rings. The lowest BCUT2D eigenvalue weighted by atomic mass is 10.8. The van der Waals surface area contributed by atoms with E-state index in [0.29, 0.717) is 11.6 Å². The number of rotatable bonds is 4. The van der Waals surface area contributed by atoms with Gasteiger partial charge in [0.05, 0.1) is 12.0 Å². The zero-order valence-electron chi connectivity index (χ0n) is 5.17. The standard InChI is InChI=1S/C5H9ClO2S/c1-2-4-8-9(7)5-3-6/h2,4H,3,5H2,1H3. The third kappa shape index (κ3) is 5.86. The molecule has 0 saturated heterocycles. The molecule has 0 rings (SSSR count). The lowest BCUT2D eigenvalue weighted by Gasteiger charge is -1.93. The minimum atomic E-state index is -1.24. The predicted molar refractivity (Wildman–Crippen MR) is 39.6 cm³/mol. The van der Waals surface area contributed by atoms with E-state index >= 15 is 0 Å². The molecular formula is C5H9ClO2S. The van der Waals surface area contributed by atoms with Gasteiger partial charge in [0, 0.05) is 5.88 Å². The first kappa shape index (κ1) is 8.98. The molecule has 9 heavy (non-hydrogen) atoms. The molecule has 0 amide bonds. The molecule has 0 aliphatic carbocycles. The van der Waals surface area contributed by atoms with Crippen LogP contribution in [0.4, 0.5) is 0 Å². The molecule has 54 valence electrons. The Morgan fingerprint density at radius 1 is 1.78 bits per heavy atom. The average molecular weight is 169 g/mol. The molecule has 0 saturated carbocycles. The Morgan fingerprint density at radius 3 is 2.89 bits per heavy atom. The van der Waals surface area contributed by atoms with Gasteiger partial charge in [0.1, 0.15) is 0 Å². The molecule has 1 atom stereocenters. The fourth-order valence-corrected chi connectivity index (χ4v) is 1.06. The summed E-state index contributed by atoms with van der Waals surface area (Å²) < 4.78 is 15.2. The van der Waals surface area contributed by atoms with Crippen molar-refractivity contribution in [3.05, 3.63) is 12.3 Å². The van der Waals surface area contributed by atoms with Gasteiger partial charge in [0.25, 0.3) is 0 Å². The molecule has 0 heterocycles. The Labute approximate surface area is 62.5 Å². The molecular weight excluding hydrogens is 160 g/mol. The van der Waals surface area contributed by atoms with Crippen molar-refractivity contribution < 1.29 is 8.39 Å². The maximum absolute atomic E-state index is 10.6. The van der Waals surface area contributed by atoms with E-state index in [0.717, 1.165) is 0 Å². The molecule has 0 fully saturated rings. The smallest absolute Gasteiger partial charge is 0.207 e. The lowest BCUT2D eigenvalue weighted by molar-refractivity contribution is 0.506. The maximum atomic E-state index is 10.6. The van der Waals surface area contributed by atoms with Crippen LogP contribution in [0.15, 0.2) is 12.3 Å². The summed E-state index contributed by atoms with van der Waals surface area (Å²) in [5.41, 5.74) is 0. The highest BCUT2D eigenvalue weighted by Crippen LogP contribution is 1.88. The van der Waals surface area contributed by atoms with Crippen LogP contribution in [-0.2, 0) is 15.3 Å². The van der Waals surface area contributed by atoms with Crippen molar-refractivity contribution in [2.24, 2.45) is 0 Å². The fraction of sp³-hybridized carbons (Fsp3) is 0.600. The van der Waals surface area contributed by atoms with E-state index < -0.39 is 11.1 Å². The number of hydrogen-bond acceptors (Lipinski definition) is 2. The van der Waals surface area contributed by atoms with E-state index in [4.69, 9.17) is 11.6 Å². The maximum Gasteiger partial charge on any atom is 0.207 e. The zero-order valence-corrected chi connectivity index (χ0v) is 6.74.